The number of nitrogens with two attached hydrogens (primary N) is 1. The second kappa shape index (κ2) is 6.81. The summed E-state index contributed by atoms with van der Waals surface area (Å²) in [5.74, 6) is 0.696. The molecule has 1 saturated carbocycles. The number of benzene rings is 1. The molecule has 1 nitrogen and oxygen atoms in total. The molecule has 17 heavy (non-hydrogen) atoms. The SMILES string of the molecule is NCC1CCCCCC1Sc1cccc(Br)c1. The maximum atomic E-state index is 5.92. The van der Waals surface area contributed by atoms with Gasteiger partial charge in [0.25, 0.3) is 0 Å². The van der Waals surface area contributed by atoms with E-state index in [9.17, 15) is 0 Å². The van der Waals surface area contributed by atoms with Crippen molar-refractivity contribution in [1.82, 2.24) is 0 Å². The highest BCUT2D eigenvalue weighted by atomic mass is 79.9. The van der Waals surface area contributed by atoms with Crippen LogP contribution in [0, 0.1) is 5.92 Å². The van der Waals surface area contributed by atoms with Gasteiger partial charge in [0.1, 0.15) is 0 Å². The molecule has 94 valence electrons. The third-order valence-electron chi connectivity index (χ3n) is 3.48. The van der Waals surface area contributed by atoms with Crippen LogP contribution in [0.1, 0.15) is 32.1 Å². The van der Waals surface area contributed by atoms with Crippen molar-refractivity contribution in [2.45, 2.75) is 42.2 Å². The molecule has 0 aromatic heterocycles. The fraction of sp³-hybridized carbons (Fsp3) is 0.571. The lowest BCUT2D eigenvalue weighted by Gasteiger charge is -2.23. The van der Waals surface area contributed by atoms with Crippen LogP contribution in [0.5, 0.6) is 0 Å². The normalized spacial score (nSPS) is 25.5. The summed E-state index contributed by atoms with van der Waals surface area (Å²) in [4.78, 5) is 1.37. The molecule has 1 aromatic carbocycles. The van der Waals surface area contributed by atoms with Crippen LogP contribution in [0.4, 0.5) is 0 Å². The third kappa shape index (κ3) is 4.01. The van der Waals surface area contributed by atoms with Crippen molar-refractivity contribution in [2.75, 3.05) is 6.54 Å². The molecule has 2 unspecified atom stereocenters. The Labute approximate surface area is 117 Å². The van der Waals surface area contributed by atoms with Crippen LogP contribution in [-0.2, 0) is 0 Å². The average molecular weight is 314 g/mol. The quantitative estimate of drug-likeness (QED) is 0.834. The summed E-state index contributed by atoms with van der Waals surface area (Å²) in [5.41, 5.74) is 5.92. The lowest BCUT2D eigenvalue weighted by Crippen LogP contribution is -2.24. The molecule has 1 aliphatic carbocycles. The smallest absolute Gasteiger partial charge is 0.0186 e. The molecule has 0 saturated heterocycles. The molecule has 0 heterocycles. The Morgan fingerprint density at radius 1 is 1.24 bits per heavy atom. The minimum Gasteiger partial charge on any atom is -0.330 e. The van der Waals surface area contributed by atoms with Crippen molar-refractivity contribution in [3.8, 4) is 0 Å². The lowest BCUT2D eigenvalue weighted by molar-refractivity contribution is 0.483. The van der Waals surface area contributed by atoms with Crippen LogP contribution in [0.3, 0.4) is 0 Å². The van der Waals surface area contributed by atoms with E-state index < -0.39 is 0 Å². The van der Waals surface area contributed by atoms with Gasteiger partial charge in [-0.2, -0.15) is 0 Å². The van der Waals surface area contributed by atoms with E-state index in [1.54, 1.807) is 0 Å². The molecule has 1 fully saturated rings. The summed E-state index contributed by atoms with van der Waals surface area (Å²) in [6, 6.07) is 8.61. The average Bonchev–Trinajstić information content (AvgIpc) is 2.54. The minimum absolute atomic E-state index is 0.696. The van der Waals surface area contributed by atoms with Gasteiger partial charge in [-0.25, -0.2) is 0 Å². The van der Waals surface area contributed by atoms with Crippen LogP contribution in [0.15, 0.2) is 33.6 Å². The van der Waals surface area contributed by atoms with Crippen LogP contribution < -0.4 is 5.73 Å². The first-order valence-corrected chi connectivity index (χ1v) is 8.09. The van der Waals surface area contributed by atoms with Crippen molar-refractivity contribution in [2.24, 2.45) is 11.7 Å². The molecule has 0 radical (unpaired) electrons. The lowest BCUT2D eigenvalue weighted by atomic mass is 10.0. The van der Waals surface area contributed by atoms with Crippen LogP contribution >= 0.6 is 27.7 Å². The van der Waals surface area contributed by atoms with E-state index in [0.29, 0.717) is 11.2 Å². The fourth-order valence-electron chi connectivity index (χ4n) is 2.49. The molecular weight excluding hydrogens is 294 g/mol. The van der Waals surface area contributed by atoms with E-state index in [1.165, 1.54) is 41.5 Å². The Morgan fingerprint density at radius 3 is 2.82 bits per heavy atom. The van der Waals surface area contributed by atoms with Gasteiger partial charge < -0.3 is 5.73 Å². The number of halogens is 1. The zero-order valence-corrected chi connectivity index (χ0v) is 12.5. The Kier molecular flexibility index (Phi) is 5.39. The zero-order valence-electron chi connectivity index (χ0n) is 10.1. The standard InChI is InChI=1S/C14H20BrNS/c15-12-6-4-7-13(9-12)17-14-8-3-1-2-5-11(14)10-16/h4,6-7,9,11,14H,1-3,5,8,10,16H2. The maximum absolute atomic E-state index is 5.92. The number of rotatable bonds is 3. The van der Waals surface area contributed by atoms with Crippen LogP contribution in [-0.4, -0.2) is 11.8 Å². The summed E-state index contributed by atoms with van der Waals surface area (Å²) in [6.07, 6.45) is 6.73. The predicted octanol–water partition coefficient (Wildman–Crippen LogP) is 4.45. The molecule has 2 rings (SSSR count). The summed E-state index contributed by atoms with van der Waals surface area (Å²) in [6.45, 7) is 0.839. The number of hydrogen-bond donors (Lipinski definition) is 1. The van der Waals surface area contributed by atoms with Crippen molar-refractivity contribution in [1.29, 1.82) is 0 Å². The van der Waals surface area contributed by atoms with Gasteiger partial charge in [-0.15, -0.1) is 11.8 Å². The van der Waals surface area contributed by atoms with Crippen molar-refractivity contribution in [3.63, 3.8) is 0 Å². The van der Waals surface area contributed by atoms with Gasteiger partial charge in [0.05, 0.1) is 0 Å². The van der Waals surface area contributed by atoms with E-state index >= 15 is 0 Å². The maximum Gasteiger partial charge on any atom is 0.0186 e. The fourth-order valence-corrected chi connectivity index (χ4v) is 4.47. The molecule has 1 aliphatic rings. The first-order chi connectivity index (χ1) is 8.29. The Bertz CT molecular complexity index is 356. The summed E-state index contributed by atoms with van der Waals surface area (Å²) < 4.78 is 1.17. The second-order valence-corrected chi connectivity index (χ2v) is 6.98. The van der Waals surface area contributed by atoms with Gasteiger partial charge in [-0.3, -0.25) is 0 Å². The zero-order chi connectivity index (χ0) is 12.1. The first kappa shape index (κ1) is 13.4. The van der Waals surface area contributed by atoms with Gasteiger partial charge in [0.15, 0.2) is 0 Å². The minimum atomic E-state index is 0.696. The van der Waals surface area contributed by atoms with Crippen molar-refractivity contribution >= 4 is 27.7 Å². The van der Waals surface area contributed by atoms with E-state index in [-0.39, 0.29) is 0 Å². The van der Waals surface area contributed by atoms with Crippen molar-refractivity contribution < 1.29 is 0 Å². The molecule has 0 spiro atoms. The van der Waals surface area contributed by atoms with Crippen LogP contribution in [0.2, 0.25) is 0 Å². The van der Waals surface area contributed by atoms with Gasteiger partial charge >= 0.3 is 0 Å². The third-order valence-corrected chi connectivity index (χ3v) is 5.42. The Morgan fingerprint density at radius 2 is 2.06 bits per heavy atom. The second-order valence-electron chi connectivity index (χ2n) is 4.75. The van der Waals surface area contributed by atoms with Gasteiger partial charge in [0.2, 0.25) is 0 Å². The van der Waals surface area contributed by atoms with Crippen LogP contribution in [0.25, 0.3) is 0 Å². The number of hydrogen-bond acceptors (Lipinski definition) is 2. The Hall–Kier alpha value is 0.01000. The summed E-state index contributed by atoms with van der Waals surface area (Å²) >= 11 is 5.55. The molecule has 1 aromatic rings. The predicted molar refractivity (Wildman–Crippen MR) is 79.4 cm³/mol. The highest BCUT2D eigenvalue weighted by Gasteiger charge is 2.23. The summed E-state index contributed by atoms with van der Waals surface area (Å²) in [7, 11) is 0. The molecule has 0 bridgehead atoms. The van der Waals surface area contributed by atoms with Gasteiger partial charge in [0, 0.05) is 14.6 Å². The Balaban J connectivity index is 2.04. The van der Waals surface area contributed by atoms with E-state index in [4.69, 9.17) is 5.73 Å². The molecule has 2 atom stereocenters. The number of thioether (sulfide) groups is 1. The van der Waals surface area contributed by atoms with Gasteiger partial charge in [-0.1, -0.05) is 41.3 Å². The van der Waals surface area contributed by atoms with E-state index in [0.717, 1.165) is 6.54 Å². The van der Waals surface area contributed by atoms with E-state index in [2.05, 4.69) is 40.2 Å². The monoisotopic (exact) mass is 313 g/mol. The van der Waals surface area contributed by atoms with E-state index in [1.807, 2.05) is 11.8 Å². The molecular formula is C14H20BrNS. The summed E-state index contributed by atoms with van der Waals surface area (Å²) in [5, 5.41) is 0.705. The highest BCUT2D eigenvalue weighted by molar-refractivity contribution is 9.10. The molecule has 2 N–H and O–H groups in total. The topological polar surface area (TPSA) is 26.0 Å². The van der Waals surface area contributed by atoms with Gasteiger partial charge in [-0.05, 0) is 43.5 Å². The molecule has 0 amide bonds. The largest absolute Gasteiger partial charge is 0.330 e. The molecule has 3 heteroatoms. The first-order valence-electron chi connectivity index (χ1n) is 6.42. The molecule has 0 aliphatic heterocycles. The highest BCUT2D eigenvalue weighted by Crippen LogP contribution is 2.36. The van der Waals surface area contributed by atoms with Crippen molar-refractivity contribution in [3.05, 3.63) is 28.7 Å².